The minimum atomic E-state index is 0.0941. The molecule has 0 aromatic heterocycles. The van der Waals surface area contributed by atoms with Gasteiger partial charge in [0.15, 0.2) is 6.19 Å². The average Bonchev–Trinajstić information content (AvgIpc) is 2.41. The van der Waals surface area contributed by atoms with Crippen LogP contribution in [0.4, 0.5) is 11.4 Å². The van der Waals surface area contributed by atoms with Crippen LogP contribution in [0.15, 0.2) is 29.3 Å². The molecule has 1 aliphatic rings. The van der Waals surface area contributed by atoms with Crippen LogP contribution in [0.5, 0.6) is 0 Å². The van der Waals surface area contributed by atoms with Gasteiger partial charge >= 0.3 is 0 Å². The monoisotopic (exact) mass is 245 g/mol. The summed E-state index contributed by atoms with van der Waals surface area (Å²) in [7, 11) is 0. The van der Waals surface area contributed by atoms with Gasteiger partial charge in [0.1, 0.15) is 0 Å². The Morgan fingerprint density at radius 3 is 2.61 bits per heavy atom. The zero-order valence-corrected chi connectivity index (χ0v) is 9.97. The Kier molecular flexibility index (Phi) is 3.99. The van der Waals surface area contributed by atoms with Crippen LogP contribution in [0.1, 0.15) is 0 Å². The summed E-state index contributed by atoms with van der Waals surface area (Å²) in [6, 6.07) is 7.72. The molecule has 1 aliphatic heterocycles. The van der Waals surface area contributed by atoms with Crippen LogP contribution in [0.25, 0.3) is 0 Å². The maximum Gasteiger partial charge on any atom is 0.207 e. The molecule has 3 N–H and O–H groups in total. The average molecular weight is 245 g/mol. The lowest BCUT2D eigenvalue weighted by Crippen LogP contribution is -2.36. The van der Waals surface area contributed by atoms with Gasteiger partial charge in [-0.1, -0.05) is 0 Å². The number of benzene rings is 1. The number of morpholine rings is 1. The van der Waals surface area contributed by atoms with E-state index in [0.717, 1.165) is 32.0 Å². The summed E-state index contributed by atoms with van der Waals surface area (Å²) in [6.45, 7) is 3.33. The molecule has 0 aliphatic carbocycles. The lowest BCUT2D eigenvalue weighted by molar-refractivity contribution is 0.122. The van der Waals surface area contributed by atoms with E-state index in [-0.39, 0.29) is 5.96 Å². The number of nitriles is 1. The number of anilines is 1. The maximum atomic E-state index is 8.39. The van der Waals surface area contributed by atoms with Gasteiger partial charge in [0.2, 0.25) is 5.96 Å². The fraction of sp³-hybridized carbons (Fsp3) is 0.333. The van der Waals surface area contributed by atoms with Gasteiger partial charge in [-0.2, -0.15) is 5.26 Å². The number of nitrogens with two attached hydrogens (primary N) is 1. The first-order chi connectivity index (χ1) is 8.79. The summed E-state index contributed by atoms with van der Waals surface area (Å²) < 4.78 is 5.31. The van der Waals surface area contributed by atoms with Gasteiger partial charge in [0.25, 0.3) is 0 Å². The van der Waals surface area contributed by atoms with Crippen molar-refractivity contribution in [1.29, 1.82) is 5.26 Å². The summed E-state index contributed by atoms with van der Waals surface area (Å²) in [5, 5.41) is 10.7. The van der Waals surface area contributed by atoms with E-state index in [1.807, 2.05) is 24.3 Å². The van der Waals surface area contributed by atoms with Gasteiger partial charge < -0.3 is 15.4 Å². The fourth-order valence-electron chi connectivity index (χ4n) is 1.78. The Hall–Kier alpha value is -2.26. The van der Waals surface area contributed by atoms with Crippen molar-refractivity contribution in [2.24, 2.45) is 10.7 Å². The second kappa shape index (κ2) is 5.89. The molecular weight excluding hydrogens is 230 g/mol. The molecule has 1 heterocycles. The highest BCUT2D eigenvalue weighted by Gasteiger charge is 2.10. The third kappa shape index (κ3) is 3.12. The van der Waals surface area contributed by atoms with E-state index >= 15 is 0 Å². The number of nitrogens with zero attached hydrogens (tertiary/aromatic N) is 3. The summed E-state index contributed by atoms with van der Waals surface area (Å²) in [5.74, 6) is 0.0941. The molecule has 2 rings (SSSR count). The third-order valence-electron chi connectivity index (χ3n) is 2.66. The van der Waals surface area contributed by atoms with E-state index in [2.05, 4.69) is 15.2 Å². The molecule has 6 heteroatoms. The zero-order valence-electron chi connectivity index (χ0n) is 9.97. The van der Waals surface area contributed by atoms with Gasteiger partial charge in [-0.3, -0.25) is 5.32 Å². The summed E-state index contributed by atoms with van der Waals surface area (Å²) in [5.41, 5.74) is 7.34. The topological polar surface area (TPSA) is 86.7 Å². The molecular formula is C12H15N5O. The molecule has 0 saturated carbocycles. The van der Waals surface area contributed by atoms with E-state index in [1.54, 1.807) is 6.19 Å². The third-order valence-corrected chi connectivity index (χ3v) is 2.66. The number of ether oxygens (including phenoxy) is 1. The van der Waals surface area contributed by atoms with Crippen molar-refractivity contribution >= 4 is 17.3 Å². The first kappa shape index (κ1) is 12.2. The van der Waals surface area contributed by atoms with E-state index in [0.29, 0.717) is 5.69 Å². The van der Waals surface area contributed by atoms with Crippen molar-refractivity contribution in [2.75, 3.05) is 31.2 Å². The highest BCUT2D eigenvalue weighted by molar-refractivity contribution is 5.82. The van der Waals surface area contributed by atoms with Crippen LogP contribution < -0.4 is 16.0 Å². The lowest BCUT2D eigenvalue weighted by Gasteiger charge is -2.28. The molecule has 1 aromatic carbocycles. The van der Waals surface area contributed by atoms with Gasteiger partial charge in [0.05, 0.1) is 18.9 Å². The van der Waals surface area contributed by atoms with Gasteiger partial charge in [-0.15, -0.1) is 0 Å². The second-order valence-electron chi connectivity index (χ2n) is 3.85. The molecule has 94 valence electrons. The fourth-order valence-corrected chi connectivity index (χ4v) is 1.78. The molecule has 1 aromatic rings. The molecule has 1 saturated heterocycles. The Morgan fingerprint density at radius 2 is 2.00 bits per heavy atom. The SMILES string of the molecule is N#CNC(N)=Nc1ccc(N2CCOCC2)cc1. The standard InChI is InChI=1S/C12H15N5O/c13-9-15-12(14)16-10-1-3-11(4-2-10)17-5-7-18-8-6-17/h1-4H,5-8H2,(H3,14,15,16). The second-order valence-corrected chi connectivity index (χ2v) is 3.85. The predicted octanol–water partition coefficient (Wildman–Crippen LogP) is 0.540. The Labute approximate surface area is 106 Å². The van der Waals surface area contributed by atoms with Gasteiger partial charge in [0, 0.05) is 18.8 Å². The van der Waals surface area contributed by atoms with E-state index in [1.165, 1.54) is 0 Å². The van der Waals surface area contributed by atoms with Crippen LogP contribution in [0, 0.1) is 11.5 Å². The van der Waals surface area contributed by atoms with Crippen molar-refractivity contribution in [1.82, 2.24) is 5.32 Å². The van der Waals surface area contributed by atoms with Crippen molar-refractivity contribution in [3.8, 4) is 6.19 Å². The lowest BCUT2D eigenvalue weighted by atomic mass is 10.2. The molecule has 0 radical (unpaired) electrons. The quantitative estimate of drug-likeness (QED) is 0.344. The number of guanidine groups is 1. The van der Waals surface area contributed by atoms with Gasteiger partial charge in [-0.05, 0) is 24.3 Å². The molecule has 1 fully saturated rings. The largest absolute Gasteiger partial charge is 0.378 e. The first-order valence-corrected chi connectivity index (χ1v) is 5.71. The maximum absolute atomic E-state index is 8.39. The number of rotatable bonds is 2. The van der Waals surface area contributed by atoms with Crippen LogP contribution in [-0.2, 0) is 4.74 Å². The van der Waals surface area contributed by atoms with Crippen LogP contribution >= 0.6 is 0 Å². The minimum Gasteiger partial charge on any atom is -0.378 e. The van der Waals surface area contributed by atoms with E-state index in [9.17, 15) is 0 Å². The van der Waals surface area contributed by atoms with Crippen molar-refractivity contribution in [3.05, 3.63) is 24.3 Å². The molecule has 0 atom stereocenters. The van der Waals surface area contributed by atoms with E-state index in [4.69, 9.17) is 15.7 Å². The van der Waals surface area contributed by atoms with Crippen LogP contribution in [0.3, 0.4) is 0 Å². The first-order valence-electron chi connectivity index (χ1n) is 5.71. The molecule has 0 bridgehead atoms. The number of hydrogen-bond acceptors (Lipinski definition) is 4. The number of nitrogens with one attached hydrogen (secondary N) is 1. The zero-order chi connectivity index (χ0) is 12.8. The number of hydrogen-bond donors (Lipinski definition) is 2. The minimum absolute atomic E-state index is 0.0941. The van der Waals surface area contributed by atoms with Crippen molar-refractivity contribution < 1.29 is 4.74 Å². The predicted molar refractivity (Wildman–Crippen MR) is 69.5 cm³/mol. The summed E-state index contributed by atoms with van der Waals surface area (Å²) >= 11 is 0. The highest BCUT2D eigenvalue weighted by atomic mass is 16.5. The smallest absolute Gasteiger partial charge is 0.207 e. The summed E-state index contributed by atoms with van der Waals surface area (Å²) in [6.07, 6.45) is 1.72. The number of aliphatic imine (C=N–C) groups is 1. The van der Waals surface area contributed by atoms with Crippen LogP contribution in [0.2, 0.25) is 0 Å². The van der Waals surface area contributed by atoms with Crippen molar-refractivity contribution in [2.45, 2.75) is 0 Å². The Morgan fingerprint density at radius 1 is 1.33 bits per heavy atom. The molecule has 0 spiro atoms. The normalized spacial score (nSPS) is 16.2. The Balaban J connectivity index is 2.05. The van der Waals surface area contributed by atoms with E-state index < -0.39 is 0 Å². The van der Waals surface area contributed by atoms with Crippen molar-refractivity contribution in [3.63, 3.8) is 0 Å². The molecule has 0 unspecified atom stereocenters. The molecule has 6 nitrogen and oxygen atoms in total. The molecule has 18 heavy (non-hydrogen) atoms. The van der Waals surface area contributed by atoms with Crippen LogP contribution in [-0.4, -0.2) is 32.3 Å². The van der Waals surface area contributed by atoms with Gasteiger partial charge in [-0.25, -0.2) is 4.99 Å². The highest BCUT2D eigenvalue weighted by Crippen LogP contribution is 2.20. The molecule has 0 amide bonds. The summed E-state index contributed by atoms with van der Waals surface area (Å²) in [4.78, 5) is 6.31. The Bertz CT molecular complexity index is 456.